The molecule has 2 N–H and O–H groups in total. The molecule has 2 aliphatic rings. The summed E-state index contributed by atoms with van der Waals surface area (Å²) in [5, 5.41) is 7.70. The molecule has 3 aromatic carbocycles. The Morgan fingerprint density at radius 1 is 0.833 bits per heavy atom. The summed E-state index contributed by atoms with van der Waals surface area (Å²) in [5.74, 6) is -0.114. The molecule has 0 unspecified atom stereocenters. The van der Waals surface area contributed by atoms with Crippen molar-refractivity contribution in [3.05, 3.63) is 106 Å². The summed E-state index contributed by atoms with van der Waals surface area (Å²) in [4.78, 5) is 13.4. The largest absolute Gasteiger partial charge is 0.372 e. The molecule has 0 amide bonds. The first-order chi connectivity index (χ1) is 14.6. The topological polar surface area (TPSA) is 41.1 Å². The first-order valence-electron chi connectivity index (χ1n) is 9.98. The minimum Gasteiger partial charge on any atom is -0.372 e. The molecule has 2 atom stereocenters. The minimum atomic E-state index is -0.338. The number of allylic oxidation sites excluding steroid dienone is 1. The number of fused-ring (bicyclic) bond motifs is 1. The van der Waals surface area contributed by atoms with Crippen LogP contribution < -0.4 is 10.6 Å². The van der Waals surface area contributed by atoms with Crippen molar-refractivity contribution in [2.75, 3.05) is 10.6 Å². The molecule has 0 saturated carbocycles. The van der Waals surface area contributed by atoms with Gasteiger partial charge in [0.25, 0.3) is 0 Å². The number of nitrogens with one attached hydrogen (secondary N) is 2. The van der Waals surface area contributed by atoms with Gasteiger partial charge >= 0.3 is 0 Å². The normalized spacial score (nSPS) is 20.5. The molecule has 5 rings (SSSR count). The summed E-state index contributed by atoms with van der Waals surface area (Å²) < 4.78 is 13.5. The van der Waals surface area contributed by atoms with Crippen LogP contribution in [0.15, 0.2) is 84.1 Å². The van der Waals surface area contributed by atoms with E-state index in [-0.39, 0.29) is 23.6 Å². The van der Waals surface area contributed by atoms with E-state index in [9.17, 15) is 9.18 Å². The van der Waals surface area contributed by atoms with Gasteiger partial charge in [0.2, 0.25) is 0 Å². The fourth-order valence-electron chi connectivity index (χ4n) is 4.37. The van der Waals surface area contributed by atoms with Gasteiger partial charge in [-0.15, -0.1) is 0 Å². The van der Waals surface area contributed by atoms with Gasteiger partial charge in [0.15, 0.2) is 5.78 Å². The molecule has 0 radical (unpaired) electrons. The van der Waals surface area contributed by atoms with E-state index < -0.39 is 0 Å². The lowest BCUT2D eigenvalue weighted by Crippen LogP contribution is -2.26. The van der Waals surface area contributed by atoms with Crippen LogP contribution in [0.25, 0.3) is 0 Å². The summed E-state index contributed by atoms with van der Waals surface area (Å²) in [6.45, 7) is 0. The summed E-state index contributed by atoms with van der Waals surface area (Å²) in [7, 11) is 0. The lowest BCUT2D eigenvalue weighted by Gasteiger charge is -2.30. The maximum atomic E-state index is 13.5. The van der Waals surface area contributed by atoms with Gasteiger partial charge in [-0.1, -0.05) is 48.0 Å². The molecule has 3 nitrogen and oxygen atoms in total. The second-order valence-corrected chi connectivity index (χ2v) is 8.21. The van der Waals surface area contributed by atoms with E-state index >= 15 is 0 Å². The van der Waals surface area contributed by atoms with Gasteiger partial charge in [-0.2, -0.15) is 0 Å². The molecule has 5 heteroatoms. The fraction of sp³-hybridized carbons (Fsp3) is 0.160. The number of carbonyl (C=O) groups is 1. The highest BCUT2D eigenvalue weighted by molar-refractivity contribution is 6.30. The maximum absolute atomic E-state index is 13.5. The molecule has 0 saturated heterocycles. The van der Waals surface area contributed by atoms with Crippen molar-refractivity contribution in [3.63, 3.8) is 0 Å². The zero-order valence-corrected chi connectivity index (χ0v) is 16.9. The van der Waals surface area contributed by atoms with Crippen molar-refractivity contribution < 1.29 is 9.18 Å². The van der Waals surface area contributed by atoms with Gasteiger partial charge in [0, 0.05) is 22.7 Å². The van der Waals surface area contributed by atoms with Crippen LogP contribution in [-0.2, 0) is 4.79 Å². The zero-order valence-electron chi connectivity index (χ0n) is 16.2. The number of carbonyl (C=O) groups excluding carboxylic acids is 1. The molecule has 0 bridgehead atoms. The van der Waals surface area contributed by atoms with Crippen molar-refractivity contribution in [1.29, 1.82) is 0 Å². The monoisotopic (exact) mass is 418 g/mol. The van der Waals surface area contributed by atoms with Crippen LogP contribution in [0.5, 0.6) is 0 Å². The quantitative estimate of drug-likeness (QED) is 0.501. The average Bonchev–Trinajstić information content (AvgIpc) is 2.91. The number of hydrogen-bond acceptors (Lipinski definition) is 3. The van der Waals surface area contributed by atoms with Gasteiger partial charge in [0.1, 0.15) is 5.82 Å². The summed E-state index contributed by atoms with van der Waals surface area (Å²) in [6.07, 6.45) is 1.15. The Balaban J connectivity index is 1.60. The first kappa shape index (κ1) is 18.9. The van der Waals surface area contributed by atoms with Crippen LogP contribution in [0.4, 0.5) is 15.8 Å². The molecule has 0 fully saturated rings. The Morgan fingerprint density at radius 3 is 2.23 bits per heavy atom. The Kier molecular flexibility index (Phi) is 4.80. The third-order valence-electron chi connectivity index (χ3n) is 5.85. The SMILES string of the molecule is O=C1C[C@@H](c2ccc(Cl)cc2)CC2=C1[C@@H](c1ccc(F)cc1)Nc1ccccc1N2. The van der Waals surface area contributed by atoms with Crippen LogP contribution in [-0.4, -0.2) is 5.78 Å². The van der Waals surface area contributed by atoms with Gasteiger partial charge in [0.05, 0.1) is 17.4 Å². The van der Waals surface area contributed by atoms with Gasteiger partial charge < -0.3 is 10.6 Å². The van der Waals surface area contributed by atoms with Crippen LogP contribution in [0.1, 0.15) is 35.9 Å². The summed E-state index contributed by atoms with van der Waals surface area (Å²) in [5.41, 5.74) is 5.45. The number of rotatable bonds is 2. The zero-order chi connectivity index (χ0) is 20.7. The highest BCUT2D eigenvalue weighted by Gasteiger charge is 2.36. The predicted molar refractivity (Wildman–Crippen MR) is 118 cm³/mol. The second kappa shape index (κ2) is 7.62. The lowest BCUT2D eigenvalue weighted by molar-refractivity contribution is -0.116. The molecule has 0 spiro atoms. The summed E-state index contributed by atoms with van der Waals surface area (Å²) in [6, 6.07) is 21.6. The van der Waals surface area contributed by atoms with Crippen molar-refractivity contribution in [2.24, 2.45) is 0 Å². The van der Waals surface area contributed by atoms with E-state index in [1.165, 1.54) is 12.1 Å². The predicted octanol–water partition coefficient (Wildman–Crippen LogP) is 6.46. The Labute approximate surface area is 179 Å². The third kappa shape index (κ3) is 3.48. The van der Waals surface area contributed by atoms with E-state index in [1.807, 2.05) is 48.5 Å². The first-order valence-corrected chi connectivity index (χ1v) is 10.4. The van der Waals surface area contributed by atoms with Crippen molar-refractivity contribution >= 4 is 28.8 Å². The van der Waals surface area contributed by atoms with Gasteiger partial charge in [-0.3, -0.25) is 4.79 Å². The average molecular weight is 419 g/mol. The lowest BCUT2D eigenvalue weighted by atomic mass is 9.78. The highest BCUT2D eigenvalue weighted by atomic mass is 35.5. The molecular formula is C25H20ClFN2O. The standard InChI is InChI=1S/C25H20ClFN2O/c26-18-9-5-15(6-10-18)17-13-22-24(23(30)14-17)25(16-7-11-19(27)12-8-16)29-21-4-2-1-3-20(21)28-22/h1-12,17,25,28-29H,13-14H2/t17-,25+/m0/s1. The minimum absolute atomic E-state index is 0.0835. The maximum Gasteiger partial charge on any atom is 0.163 e. The Morgan fingerprint density at radius 2 is 1.50 bits per heavy atom. The van der Waals surface area contributed by atoms with Crippen molar-refractivity contribution in [2.45, 2.75) is 24.8 Å². The van der Waals surface area contributed by atoms with E-state index in [1.54, 1.807) is 12.1 Å². The fourth-order valence-corrected chi connectivity index (χ4v) is 4.49. The van der Waals surface area contributed by atoms with Gasteiger partial charge in [-0.05, 0) is 59.9 Å². The third-order valence-corrected chi connectivity index (χ3v) is 6.11. The second-order valence-electron chi connectivity index (χ2n) is 7.77. The number of benzene rings is 3. The number of ketones is 1. The molecule has 1 heterocycles. The molecule has 0 aromatic heterocycles. The smallest absolute Gasteiger partial charge is 0.163 e. The highest BCUT2D eigenvalue weighted by Crippen LogP contribution is 2.44. The molecular weight excluding hydrogens is 399 g/mol. The number of anilines is 2. The van der Waals surface area contributed by atoms with Crippen LogP contribution >= 0.6 is 11.6 Å². The summed E-state index contributed by atoms with van der Waals surface area (Å²) >= 11 is 6.04. The Hall–Kier alpha value is -3.11. The number of halogens is 2. The number of para-hydroxylation sites is 2. The van der Waals surface area contributed by atoms with Crippen molar-refractivity contribution in [1.82, 2.24) is 0 Å². The van der Waals surface area contributed by atoms with Crippen LogP contribution in [0.3, 0.4) is 0 Å². The van der Waals surface area contributed by atoms with Crippen LogP contribution in [0, 0.1) is 5.82 Å². The van der Waals surface area contributed by atoms with E-state index in [4.69, 9.17) is 11.6 Å². The van der Waals surface area contributed by atoms with Gasteiger partial charge in [-0.25, -0.2) is 4.39 Å². The van der Waals surface area contributed by atoms with Crippen LogP contribution in [0.2, 0.25) is 5.02 Å². The van der Waals surface area contributed by atoms with E-state index in [0.29, 0.717) is 11.4 Å². The number of hydrogen-bond donors (Lipinski definition) is 2. The molecule has 150 valence electrons. The molecule has 3 aromatic rings. The number of Topliss-reactive ketones (excluding diaryl/α,β-unsaturated/α-hetero) is 1. The molecule has 30 heavy (non-hydrogen) atoms. The van der Waals surface area contributed by atoms with E-state index in [2.05, 4.69) is 10.6 Å². The Bertz CT molecular complexity index is 1140. The van der Waals surface area contributed by atoms with E-state index in [0.717, 1.165) is 40.2 Å². The van der Waals surface area contributed by atoms with Crippen molar-refractivity contribution in [3.8, 4) is 0 Å². The molecule has 1 aliphatic carbocycles. The molecule has 1 aliphatic heterocycles.